The van der Waals surface area contributed by atoms with Crippen molar-refractivity contribution in [2.75, 3.05) is 12.3 Å². The molecule has 3 aromatic rings. The molecule has 0 saturated carbocycles. The van der Waals surface area contributed by atoms with Gasteiger partial charge in [0.05, 0.1) is 16.8 Å². The van der Waals surface area contributed by atoms with Gasteiger partial charge < -0.3 is 10.5 Å². The normalized spacial score (nSPS) is 10.2. The summed E-state index contributed by atoms with van der Waals surface area (Å²) in [6, 6.07) is 16.5. The van der Waals surface area contributed by atoms with Crippen LogP contribution >= 0.6 is 0 Å². The number of benzene rings is 2. The molecule has 0 aliphatic rings. The molecule has 0 atom stereocenters. The summed E-state index contributed by atoms with van der Waals surface area (Å²) in [6.07, 6.45) is 5.15. The Morgan fingerprint density at radius 3 is 2.78 bits per heavy atom. The van der Waals surface area contributed by atoms with Gasteiger partial charge in [-0.1, -0.05) is 36.3 Å². The molecule has 112 valence electrons. The fourth-order valence-electron chi connectivity index (χ4n) is 2.38. The molecule has 1 aromatic heterocycles. The Bertz CT molecular complexity index is 926. The van der Waals surface area contributed by atoms with E-state index in [2.05, 4.69) is 10.9 Å². The number of nitrogen functional groups attached to an aromatic ring is 1. The summed E-state index contributed by atoms with van der Waals surface area (Å²) in [6.45, 7) is -0.0664. The Balaban J connectivity index is 2.18. The molecule has 23 heavy (non-hydrogen) atoms. The number of rotatable bonds is 3. The number of para-hydroxylation sites is 1. The molecule has 4 heteroatoms. The summed E-state index contributed by atoms with van der Waals surface area (Å²) in [5.74, 6) is 1.83. The number of esters is 1. The van der Waals surface area contributed by atoms with E-state index in [1.165, 1.54) is 0 Å². The van der Waals surface area contributed by atoms with Crippen LogP contribution in [0.4, 0.5) is 5.69 Å². The van der Waals surface area contributed by atoms with E-state index in [0.717, 1.165) is 10.9 Å². The molecule has 0 unspecified atom stereocenters. The van der Waals surface area contributed by atoms with Crippen LogP contribution in [0, 0.1) is 12.3 Å². The molecule has 0 radical (unpaired) electrons. The highest BCUT2D eigenvalue weighted by atomic mass is 16.5. The van der Waals surface area contributed by atoms with E-state index in [0.29, 0.717) is 22.5 Å². The van der Waals surface area contributed by atoms with E-state index in [-0.39, 0.29) is 6.61 Å². The quantitative estimate of drug-likeness (QED) is 0.458. The first-order valence-corrected chi connectivity index (χ1v) is 7.05. The van der Waals surface area contributed by atoms with Crippen LogP contribution in [-0.2, 0) is 4.74 Å². The van der Waals surface area contributed by atoms with E-state index < -0.39 is 5.97 Å². The van der Waals surface area contributed by atoms with Crippen molar-refractivity contribution in [1.29, 1.82) is 0 Å². The first-order chi connectivity index (χ1) is 11.2. The van der Waals surface area contributed by atoms with Gasteiger partial charge in [0.2, 0.25) is 0 Å². The highest BCUT2D eigenvalue weighted by molar-refractivity contribution is 6.04. The van der Waals surface area contributed by atoms with Crippen LogP contribution in [0.1, 0.15) is 10.4 Å². The molecular weight excluding hydrogens is 288 g/mol. The average molecular weight is 302 g/mol. The van der Waals surface area contributed by atoms with Gasteiger partial charge in [-0.05, 0) is 24.3 Å². The topological polar surface area (TPSA) is 65.2 Å². The summed E-state index contributed by atoms with van der Waals surface area (Å²) in [7, 11) is 0. The maximum Gasteiger partial charge on any atom is 0.339 e. The molecule has 0 amide bonds. The van der Waals surface area contributed by atoms with Crippen molar-refractivity contribution in [1.82, 2.24) is 4.98 Å². The molecular formula is C19H14N2O2. The van der Waals surface area contributed by atoms with Crippen molar-refractivity contribution in [3.63, 3.8) is 0 Å². The highest BCUT2D eigenvalue weighted by Crippen LogP contribution is 2.26. The minimum absolute atomic E-state index is 0.0664. The number of carbonyl (C=O) groups is 1. The number of nitrogens with zero attached hydrogens (tertiary/aromatic N) is 1. The van der Waals surface area contributed by atoms with Crippen LogP contribution in [0.5, 0.6) is 0 Å². The second-order valence-electron chi connectivity index (χ2n) is 4.98. The second-order valence-corrected chi connectivity index (χ2v) is 4.98. The van der Waals surface area contributed by atoms with Crippen LogP contribution < -0.4 is 5.73 Å². The lowest BCUT2D eigenvalue weighted by molar-refractivity contribution is 0.0559. The zero-order chi connectivity index (χ0) is 16.2. The number of pyridine rings is 1. The third-order valence-electron chi connectivity index (χ3n) is 3.41. The zero-order valence-electron chi connectivity index (χ0n) is 12.3. The molecule has 0 fully saturated rings. The Kier molecular flexibility index (Phi) is 3.94. The maximum atomic E-state index is 12.3. The number of hydrogen-bond donors (Lipinski definition) is 1. The van der Waals surface area contributed by atoms with Gasteiger partial charge in [0.15, 0.2) is 6.61 Å². The van der Waals surface area contributed by atoms with Gasteiger partial charge >= 0.3 is 5.97 Å². The summed E-state index contributed by atoms with van der Waals surface area (Å²) in [5.41, 5.74) is 9.10. The molecule has 0 aliphatic carbocycles. The van der Waals surface area contributed by atoms with Crippen LogP contribution in [0.2, 0.25) is 0 Å². The molecule has 3 rings (SSSR count). The SMILES string of the molecule is C#CCOC(=O)c1cc(-c2cccc(N)c2)nc2ccccc12. The lowest BCUT2D eigenvalue weighted by Gasteiger charge is -2.09. The number of terminal acetylenes is 1. The van der Waals surface area contributed by atoms with Gasteiger partial charge in [0.1, 0.15) is 0 Å². The van der Waals surface area contributed by atoms with E-state index in [1.807, 2.05) is 42.5 Å². The Morgan fingerprint density at radius 1 is 1.17 bits per heavy atom. The molecule has 0 bridgehead atoms. The molecule has 4 nitrogen and oxygen atoms in total. The number of anilines is 1. The number of hydrogen-bond acceptors (Lipinski definition) is 4. The van der Waals surface area contributed by atoms with Gasteiger partial charge in [0, 0.05) is 16.6 Å². The average Bonchev–Trinajstić information content (AvgIpc) is 2.58. The molecule has 1 heterocycles. The molecule has 0 saturated heterocycles. The predicted molar refractivity (Wildman–Crippen MR) is 90.7 cm³/mol. The third kappa shape index (κ3) is 2.99. The van der Waals surface area contributed by atoms with Crippen molar-refractivity contribution < 1.29 is 9.53 Å². The minimum atomic E-state index is -0.466. The summed E-state index contributed by atoms with van der Waals surface area (Å²) < 4.78 is 5.07. The Hall–Kier alpha value is -3.32. The first kappa shape index (κ1) is 14.6. The molecule has 0 aliphatic heterocycles. The van der Waals surface area contributed by atoms with Crippen LogP contribution in [-0.4, -0.2) is 17.6 Å². The Morgan fingerprint density at radius 2 is 2.00 bits per heavy atom. The summed E-state index contributed by atoms with van der Waals surface area (Å²) >= 11 is 0. The first-order valence-electron chi connectivity index (χ1n) is 7.05. The standard InChI is InChI=1S/C19H14N2O2/c1-2-10-23-19(22)16-12-18(13-6-5-7-14(20)11-13)21-17-9-4-3-8-15(16)17/h1,3-9,11-12H,10,20H2. The molecule has 2 aromatic carbocycles. The number of fused-ring (bicyclic) bond motifs is 1. The van der Waals surface area contributed by atoms with Crippen molar-refractivity contribution in [3.8, 4) is 23.6 Å². The lowest BCUT2D eigenvalue weighted by Crippen LogP contribution is -2.07. The zero-order valence-corrected chi connectivity index (χ0v) is 12.3. The van der Waals surface area contributed by atoms with E-state index >= 15 is 0 Å². The van der Waals surface area contributed by atoms with Crippen LogP contribution in [0.3, 0.4) is 0 Å². The third-order valence-corrected chi connectivity index (χ3v) is 3.41. The van der Waals surface area contributed by atoms with Crippen LogP contribution in [0.25, 0.3) is 22.2 Å². The number of ether oxygens (including phenoxy) is 1. The van der Waals surface area contributed by atoms with Crippen molar-refractivity contribution in [2.45, 2.75) is 0 Å². The predicted octanol–water partition coefficient (Wildman–Crippen LogP) is 3.27. The maximum absolute atomic E-state index is 12.3. The number of aromatic nitrogens is 1. The van der Waals surface area contributed by atoms with Crippen molar-refractivity contribution >= 4 is 22.6 Å². The monoisotopic (exact) mass is 302 g/mol. The van der Waals surface area contributed by atoms with Crippen molar-refractivity contribution in [3.05, 3.63) is 60.2 Å². The van der Waals surface area contributed by atoms with E-state index in [9.17, 15) is 4.79 Å². The van der Waals surface area contributed by atoms with Crippen molar-refractivity contribution in [2.24, 2.45) is 0 Å². The summed E-state index contributed by atoms with van der Waals surface area (Å²) in [5, 5.41) is 0.724. The lowest BCUT2D eigenvalue weighted by atomic mass is 10.0. The van der Waals surface area contributed by atoms with Gasteiger partial charge in [0.25, 0.3) is 0 Å². The van der Waals surface area contributed by atoms with Gasteiger partial charge in [-0.3, -0.25) is 0 Å². The van der Waals surface area contributed by atoms with Gasteiger partial charge in [-0.15, -0.1) is 6.42 Å². The summed E-state index contributed by atoms with van der Waals surface area (Å²) in [4.78, 5) is 16.9. The van der Waals surface area contributed by atoms with E-state index in [4.69, 9.17) is 16.9 Å². The fraction of sp³-hybridized carbons (Fsp3) is 0.0526. The molecule has 0 spiro atoms. The number of nitrogens with two attached hydrogens (primary N) is 1. The second kappa shape index (κ2) is 6.20. The van der Waals surface area contributed by atoms with E-state index in [1.54, 1.807) is 12.1 Å². The highest BCUT2D eigenvalue weighted by Gasteiger charge is 2.14. The largest absolute Gasteiger partial charge is 0.449 e. The Labute approximate surface area is 133 Å². The minimum Gasteiger partial charge on any atom is -0.449 e. The smallest absolute Gasteiger partial charge is 0.339 e. The van der Waals surface area contributed by atoms with Gasteiger partial charge in [-0.2, -0.15) is 0 Å². The number of carbonyl (C=O) groups excluding carboxylic acids is 1. The van der Waals surface area contributed by atoms with Gasteiger partial charge in [-0.25, -0.2) is 9.78 Å². The van der Waals surface area contributed by atoms with Crippen LogP contribution in [0.15, 0.2) is 54.6 Å². The molecule has 2 N–H and O–H groups in total. The fourth-order valence-corrected chi connectivity index (χ4v) is 2.38.